The van der Waals surface area contributed by atoms with Gasteiger partial charge in [0.05, 0.1) is 17.3 Å². The molecule has 0 aliphatic carbocycles. The average molecular weight is 247 g/mol. The molecule has 0 spiro atoms. The van der Waals surface area contributed by atoms with Crippen LogP contribution in [-0.4, -0.2) is 20.1 Å². The number of fused-ring (bicyclic) bond motifs is 1. The maximum Gasteiger partial charge on any atom is 0.178 e. The Bertz CT molecular complexity index is 545. The van der Waals surface area contributed by atoms with Crippen LogP contribution < -0.4 is 0 Å². The van der Waals surface area contributed by atoms with Gasteiger partial charge in [-0.2, -0.15) is 0 Å². The maximum atomic E-state index is 10.1. The summed E-state index contributed by atoms with van der Waals surface area (Å²) in [5, 5.41) is 10.1. The van der Waals surface area contributed by atoms with Crippen LogP contribution in [0.2, 0.25) is 0 Å². The molecule has 0 aliphatic heterocycles. The average Bonchev–Trinajstić information content (AvgIpc) is 2.71. The molecular formula is C14H21N3O. The summed E-state index contributed by atoms with van der Waals surface area (Å²) in [6.07, 6.45) is 1.46. The van der Waals surface area contributed by atoms with E-state index < -0.39 is 6.10 Å². The lowest BCUT2D eigenvalue weighted by molar-refractivity contribution is 0.123. The van der Waals surface area contributed by atoms with Crippen molar-refractivity contribution in [2.24, 2.45) is 5.92 Å². The van der Waals surface area contributed by atoms with Gasteiger partial charge in [-0.3, -0.25) is 0 Å². The molecule has 4 nitrogen and oxygen atoms in total. The Morgan fingerprint density at radius 3 is 2.67 bits per heavy atom. The number of rotatable bonds is 4. The van der Waals surface area contributed by atoms with E-state index in [9.17, 15) is 5.11 Å². The second-order valence-electron chi connectivity index (χ2n) is 5.18. The largest absolute Gasteiger partial charge is 0.387 e. The Morgan fingerprint density at radius 2 is 2.06 bits per heavy atom. The number of aromatic nitrogens is 3. The van der Waals surface area contributed by atoms with E-state index in [2.05, 4.69) is 21.9 Å². The number of H-pyrrole nitrogens is 1. The lowest BCUT2D eigenvalue weighted by Gasteiger charge is -2.14. The van der Waals surface area contributed by atoms with Gasteiger partial charge in [0, 0.05) is 6.42 Å². The highest BCUT2D eigenvalue weighted by Crippen LogP contribution is 2.24. The summed E-state index contributed by atoms with van der Waals surface area (Å²) in [6.45, 7) is 8.12. The molecule has 0 radical (unpaired) electrons. The van der Waals surface area contributed by atoms with E-state index in [-0.39, 0.29) is 5.92 Å². The zero-order valence-electron chi connectivity index (χ0n) is 11.5. The van der Waals surface area contributed by atoms with Crippen LogP contribution in [0.25, 0.3) is 11.2 Å². The molecule has 2 aromatic heterocycles. The van der Waals surface area contributed by atoms with Gasteiger partial charge in [-0.15, -0.1) is 0 Å². The van der Waals surface area contributed by atoms with E-state index in [0.29, 0.717) is 11.3 Å². The summed E-state index contributed by atoms with van der Waals surface area (Å²) >= 11 is 0. The SMILES string of the molecule is CCCc1nc2nc(C(O)C(C)C)cc(C)c2[nH]1. The molecule has 2 heterocycles. The normalized spacial score (nSPS) is 13.4. The Kier molecular flexibility index (Phi) is 3.66. The van der Waals surface area contributed by atoms with Crippen LogP contribution in [0.1, 0.15) is 50.4 Å². The zero-order valence-corrected chi connectivity index (χ0v) is 11.5. The number of nitrogens with one attached hydrogen (secondary N) is 1. The van der Waals surface area contributed by atoms with E-state index in [1.165, 1.54) is 0 Å². The van der Waals surface area contributed by atoms with E-state index in [0.717, 1.165) is 29.7 Å². The minimum atomic E-state index is -0.528. The second kappa shape index (κ2) is 5.06. The Labute approximate surface area is 107 Å². The molecule has 0 saturated carbocycles. The van der Waals surface area contributed by atoms with Gasteiger partial charge in [0.15, 0.2) is 5.65 Å². The number of aliphatic hydroxyl groups is 1. The maximum absolute atomic E-state index is 10.1. The van der Waals surface area contributed by atoms with Crippen LogP contribution in [0.15, 0.2) is 6.07 Å². The van der Waals surface area contributed by atoms with Gasteiger partial charge in [-0.1, -0.05) is 20.8 Å². The van der Waals surface area contributed by atoms with Crippen LogP contribution in [0, 0.1) is 12.8 Å². The van der Waals surface area contributed by atoms with Gasteiger partial charge in [0.25, 0.3) is 0 Å². The minimum Gasteiger partial charge on any atom is -0.387 e. The van der Waals surface area contributed by atoms with Crippen LogP contribution in [0.4, 0.5) is 0 Å². The van der Waals surface area contributed by atoms with E-state index in [1.807, 2.05) is 26.8 Å². The smallest absolute Gasteiger partial charge is 0.178 e. The highest BCUT2D eigenvalue weighted by molar-refractivity contribution is 5.75. The number of imidazole rings is 1. The Hall–Kier alpha value is -1.42. The third-order valence-electron chi connectivity index (χ3n) is 3.15. The molecule has 0 aromatic carbocycles. The quantitative estimate of drug-likeness (QED) is 0.873. The molecule has 18 heavy (non-hydrogen) atoms. The molecule has 2 rings (SSSR count). The predicted molar refractivity (Wildman–Crippen MR) is 72.4 cm³/mol. The molecule has 0 saturated heterocycles. The molecule has 0 bridgehead atoms. The number of aliphatic hydroxyl groups excluding tert-OH is 1. The molecule has 1 atom stereocenters. The first-order valence-electron chi connectivity index (χ1n) is 6.57. The van der Waals surface area contributed by atoms with E-state index in [4.69, 9.17) is 0 Å². The van der Waals surface area contributed by atoms with Gasteiger partial charge in [0.1, 0.15) is 5.82 Å². The molecule has 0 fully saturated rings. The highest BCUT2D eigenvalue weighted by atomic mass is 16.3. The van der Waals surface area contributed by atoms with Crippen LogP contribution in [0.5, 0.6) is 0 Å². The van der Waals surface area contributed by atoms with Crippen molar-refractivity contribution in [1.29, 1.82) is 0 Å². The van der Waals surface area contributed by atoms with Crippen molar-refractivity contribution in [2.45, 2.75) is 46.6 Å². The molecule has 0 amide bonds. The van der Waals surface area contributed by atoms with Crippen LogP contribution >= 0.6 is 0 Å². The second-order valence-corrected chi connectivity index (χ2v) is 5.18. The number of aryl methyl sites for hydroxylation is 2. The van der Waals surface area contributed by atoms with Crippen molar-refractivity contribution in [3.05, 3.63) is 23.1 Å². The summed E-state index contributed by atoms with van der Waals surface area (Å²) in [6, 6.07) is 1.95. The highest BCUT2D eigenvalue weighted by Gasteiger charge is 2.16. The monoisotopic (exact) mass is 247 g/mol. The van der Waals surface area contributed by atoms with Crippen LogP contribution in [0.3, 0.4) is 0 Å². The van der Waals surface area contributed by atoms with Crippen molar-refractivity contribution in [2.75, 3.05) is 0 Å². The van der Waals surface area contributed by atoms with E-state index >= 15 is 0 Å². The minimum absolute atomic E-state index is 0.156. The predicted octanol–water partition coefficient (Wildman–Crippen LogP) is 2.91. The van der Waals surface area contributed by atoms with Crippen molar-refractivity contribution < 1.29 is 5.11 Å². The number of pyridine rings is 1. The van der Waals surface area contributed by atoms with Gasteiger partial charge >= 0.3 is 0 Å². The third-order valence-corrected chi connectivity index (χ3v) is 3.15. The molecular weight excluding hydrogens is 226 g/mol. The summed E-state index contributed by atoms with van der Waals surface area (Å²) in [4.78, 5) is 12.3. The van der Waals surface area contributed by atoms with Crippen molar-refractivity contribution in [3.8, 4) is 0 Å². The number of aromatic amines is 1. The number of hydrogen-bond acceptors (Lipinski definition) is 3. The first-order chi connectivity index (χ1) is 8.52. The standard InChI is InChI=1S/C14H21N3O/c1-5-6-11-16-12-9(4)7-10(13(18)8(2)3)15-14(12)17-11/h7-8,13,18H,5-6H2,1-4H3,(H,15,16,17). The lowest BCUT2D eigenvalue weighted by atomic mass is 10.0. The molecule has 2 aromatic rings. The molecule has 98 valence electrons. The molecule has 0 aliphatic rings. The third kappa shape index (κ3) is 2.38. The first-order valence-corrected chi connectivity index (χ1v) is 6.57. The summed E-state index contributed by atoms with van der Waals surface area (Å²) < 4.78 is 0. The summed E-state index contributed by atoms with van der Waals surface area (Å²) in [5.74, 6) is 1.13. The fraction of sp³-hybridized carbons (Fsp3) is 0.571. The number of hydrogen-bond donors (Lipinski definition) is 2. The molecule has 2 N–H and O–H groups in total. The van der Waals surface area contributed by atoms with Crippen molar-refractivity contribution >= 4 is 11.2 Å². The Balaban J connectivity index is 2.47. The Morgan fingerprint density at radius 1 is 1.33 bits per heavy atom. The fourth-order valence-electron chi connectivity index (χ4n) is 2.06. The molecule has 1 unspecified atom stereocenters. The molecule has 4 heteroatoms. The van der Waals surface area contributed by atoms with Gasteiger partial charge in [0.2, 0.25) is 0 Å². The topological polar surface area (TPSA) is 61.8 Å². The first kappa shape index (κ1) is 13.0. The van der Waals surface area contributed by atoms with E-state index in [1.54, 1.807) is 0 Å². The van der Waals surface area contributed by atoms with Crippen LogP contribution in [-0.2, 0) is 6.42 Å². The number of nitrogens with zero attached hydrogens (tertiary/aromatic N) is 2. The zero-order chi connectivity index (χ0) is 13.3. The lowest BCUT2D eigenvalue weighted by Crippen LogP contribution is -2.08. The van der Waals surface area contributed by atoms with Gasteiger partial charge < -0.3 is 10.1 Å². The van der Waals surface area contributed by atoms with Crippen molar-refractivity contribution in [3.63, 3.8) is 0 Å². The van der Waals surface area contributed by atoms with Crippen molar-refractivity contribution in [1.82, 2.24) is 15.0 Å². The fourth-order valence-corrected chi connectivity index (χ4v) is 2.06. The summed E-state index contributed by atoms with van der Waals surface area (Å²) in [7, 11) is 0. The van der Waals surface area contributed by atoms with Gasteiger partial charge in [-0.25, -0.2) is 9.97 Å². The summed E-state index contributed by atoms with van der Waals surface area (Å²) in [5.41, 5.74) is 3.50. The van der Waals surface area contributed by atoms with Gasteiger partial charge in [-0.05, 0) is 30.9 Å².